The van der Waals surface area contributed by atoms with Gasteiger partial charge in [-0.15, -0.1) is 0 Å². The maximum atomic E-state index is 13.0. The first kappa shape index (κ1) is 17.7. The molecule has 0 aliphatic carbocycles. The Morgan fingerprint density at radius 1 is 1.30 bits per heavy atom. The van der Waals surface area contributed by atoms with Crippen molar-refractivity contribution in [3.63, 3.8) is 0 Å². The topological polar surface area (TPSA) is 81.2 Å². The van der Waals surface area contributed by atoms with Crippen molar-refractivity contribution in [2.24, 2.45) is 0 Å². The summed E-state index contributed by atoms with van der Waals surface area (Å²) in [4.78, 5) is 31.7. The highest BCUT2D eigenvalue weighted by atomic mass is 35.5. The van der Waals surface area contributed by atoms with Crippen molar-refractivity contribution >= 4 is 28.6 Å². The molecule has 140 valence electrons. The third-order valence-corrected chi connectivity index (χ3v) is 5.26. The molecule has 1 amide bonds. The van der Waals surface area contributed by atoms with E-state index in [1.54, 1.807) is 24.3 Å². The summed E-state index contributed by atoms with van der Waals surface area (Å²) in [6.07, 6.45) is 4.45. The van der Waals surface area contributed by atoms with Crippen LogP contribution in [0.1, 0.15) is 26.2 Å². The molecule has 0 radical (unpaired) electrons. The minimum absolute atomic E-state index is 0.0443. The van der Waals surface area contributed by atoms with Crippen LogP contribution in [0.2, 0.25) is 5.02 Å². The molecule has 4 rings (SSSR count). The summed E-state index contributed by atoms with van der Waals surface area (Å²) in [5, 5.41) is 4.84. The minimum atomic E-state index is -0.343. The van der Waals surface area contributed by atoms with Crippen molar-refractivity contribution in [3.05, 3.63) is 46.0 Å². The number of fused-ring (bicyclic) bond motifs is 1. The van der Waals surface area contributed by atoms with E-state index >= 15 is 0 Å². The lowest BCUT2D eigenvalue weighted by molar-refractivity contribution is -0.135. The van der Waals surface area contributed by atoms with Gasteiger partial charge >= 0.3 is 0 Å². The molecule has 1 aliphatic heterocycles. The first-order valence-corrected chi connectivity index (χ1v) is 9.32. The number of hydrogen-bond acceptors (Lipinski definition) is 5. The molecule has 0 spiro atoms. The largest absolute Gasteiger partial charge is 0.338 e. The van der Waals surface area contributed by atoms with E-state index in [0.29, 0.717) is 16.3 Å². The van der Waals surface area contributed by atoms with Gasteiger partial charge in [0.25, 0.3) is 11.3 Å². The molecule has 1 aliphatic rings. The lowest BCUT2D eigenvalue weighted by Crippen LogP contribution is -2.44. The molecular formula is C19H19ClN4O3. The quantitative estimate of drug-likeness (QED) is 0.690. The summed E-state index contributed by atoms with van der Waals surface area (Å²) in [5.41, 5.74) is 0.905. The average Bonchev–Trinajstić information content (AvgIpc) is 3.10. The standard InChI is InChI=1S/C19H19ClN4O3/c1-12-4-2-3-9-24(12)15(25)10-23-11-21-18-16(19(23)26)17(22-27-18)13-5-7-14(20)8-6-13/h5-8,11-12H,2-4,9-10H2,1H3. The Hall–Kier alpha value is -2.67. The number of rotatable bonds is 3. The van der Waals surface area contributed by atoms with Crippen molar-refractivity contribution in [1.29, 1.82) is 0 Å². The number of carbonyl (C=O) groups is 1. The highest BCUT2D eigenvalue weighted by Crippen LogP contribution is 2.25. The first-order chi connectivity index (χ1) is 13.0. The molecule has 2 aromatic heterocycles. The smallest absolute Gasteiger partial charge is 0.267 e. The van der Waals surface area contributed by atoms with E-state index in [0.717, 1.165) is 25.8 Å². The maximum Gasteiger partial charge on any atom is 0.267 e. The number of hydrogen-bond donors (Lipinski definition) is 0. The molecule has 8 heteroatoms. The van der Waals surface area contributed by atoms with Gasteiger partial charge in [0.05, 0.1) is 0 Å². The Balaban J connectivity index is 1.69. The van der Waals surface area contributed by atoms with Gasteiger partial charge in [0.1, 0.15) is 24.0 Å². The zero-order valence-corrected chi connectivity index (χ0v) is 15.6. The van der Waals surface area contributed by atoms with Crippen LogP contribution in [0.15, 0.2) is 39.9 Å². The Morgan fingerprint density at radius 2 is 2.07 bits per heavy atom. The molecule has 3 aromatic rings. The Bertz CT molecular complexity index is 1040. The van der Waals surface area contributed by atoms with E-state index in [2.05, 4.69) is 10.1 Å². The van der Waals surface area contributed by atoms with Gasteiger partial charge in [-0.2, -0.15) is 0 Å². The van der Waals surface area contributed by atoms with E-state index in [4.69, 9.17) is 16.1 Å². The van der Waals surface area contributed by atoms with Crippen molar-refractivity contribution < 1.29 is 9.32 Å². The van der Waals surface area contributed by atoms with E-state index in [9.17, 15) is 9.59 Å². The van der Waals surface area contributed by atoms with E-state index in [1.165, 1.54) is 10.9 Å². The van der Waals surface area contributed by atoms with Crippen LogP contribution in [-0.4, -0.2) is 38.1 Å². The predicted octanol–water partition coefficient (Wildman–Crippen LogP) is 3.11. The molecule has 1 unspecified atom stereocenters. The normalized spacial score (nSPS) is 17.4. The average molecular weight is 387 g/mol. The molecule has 0 N–H and O–H groups in total. The second-order valence-corrected chi connectivity index (χ2v) is 7.26. The lowest BCUT2D eigenvalue weighted by atomic mass is 10.0. The second kappa shape index (κ2) is 7.15. The van der Waals surface area contributed by atoms with Gasteiger partial charge in [0.2, 0.25) is 5.91 Å². The van der Waals surface area contributed by atoms with Crippen LogP contribution in [0, 0.1) is 0 Å². The van der Waals surface area contributed by atoms with E-state index in [1.807, 2.05) is 11.8 Å². The van der Waals surface area contributed by atoms with Crippen LogP contribution >= 0.6 is 11.6 Å². The zero-order chi connectivity index (χ0) is 19.0. The summed E-state index contributed by atoms with van der Waals surface area (Å²) >= 11 is 5.93. The van der Waals surface area contributed by atoms with Gasteiger partial charge in [0, 0.05) is 23.2 Å². The highest BCUT2D eigenvalue weighted by molar-refractivity contribution is 6.30. The van der Waals surface area contributed by atoms with Gasteiger partial charge < -0.3 is 9.42 Å². The fourth-order valence-electron chi connectivity index (χ4n) is 3.50. The van der Waals surface area contributed by atoms with Crippen LogP contribution in [0.4, 0.5) is 0 Å². The molecule has 1 atom stereocenters. The molecule has 27 heavy (non-hydrogen) atoms. The van der Waals surface area contributed by atoms with Gasteiger partial charge in [-0.25, -0.2) is 4.98 Å². The Morgan fingerprint density at radius 3 is 2.81 bits per heavy atom. The number of halogens is 1. The number of piperidine rings is 1. The van der Waals surface area contributed by atoms with Gasteiger partial charge in [-0.3, -0.25) is 14.2 Å². The van der Waals surface area contributed by atoms with Crippen LogP contribution in [0.25, 0.3) is 22.4 Å². The Labute approximate surface area is 160 Å². The van der Waals surface area contributed by atoms with Crippen LogP contribution < -0.4 is 5.56 Å². The number of likely N-dealkylation sites (tertiary alicyclic amines) is 1. The van der Waals surface area contributed by atoms with Gasteiger partial charge in [-0.1, -0.05) is 28.9 Å². The molecule has 0 saturated carbocycles. The number of amides is 1. The summed E-state index contributed by atoms with van der Waals surface area (Å²) < 4.78 is 6.53. The van der Waals surface area contributed by atoms with Crippen LogP contribution in [-0.2, 0) is 11.3 Å². The summed E-state index contributed by atoms with van der Waals surface area (Å²) in [5.74, 6) is -0.0741. The molecule has 3 heterocycles. The summed E-state index contributed by atoms with van der Waals surface area (Å²) in [6, 6.07) is 7.15. The van der Waals surface area contributed by atoms with E-state index in [-0.39, 0.29) is 35.2 Å². The van der Waals surface area contributed by atoms with Crippen LogP contribution in [0.5, 0.6) is 0 Å². The van der Waals surface area contributed by atoms with Crippen molar-refractivity contribution in [3.8, 4) is 11.3 Å². The molecule has 1 aromatic carbocycles. The van der Waals surface area contributed by atoms with Gasteiger partial charge in [-0.05, 0) is 38.3 Å². The second-order valence-electron chi connectivity index (χ2n) is 6.83. The zero-order valence-electron chi connectivity index (χ0n) is 14.9. The maximum absolute atomic E-state index is 13.0. The molecule has 7 nitrogen and oxygen atoms in total. The van der Waals surface area contributed by atoms with Crippen molar-refractivity contribution in [2.45, 2.75) is 38.8 Å². The summed E-state index contributed by atoms with van der Waals surface area (Å²) in [7, 11) is 0. The summed E-state index contributed by atoms with van der Waals surface area (Å²) in [6.45, 7) is 2.73. The molecule has 0 bridgehead atoms. The predicted molar refractivity (Wildman–Crippen MR) is 102 cm³/mol. The number of aromatic nitrogens is 3. The van der Waals surface area contributed by atoms with Crippen molar-refractivity contribution in [1.82, 2.24) is 19.6 Å². The number of nitrogens with zero attached hydrogens (tertiary/aromatic N) is 4. The number of carbonyl (C=O) groups excluding carboxylic acids is 1. The molecule has 1 fully saturated rings. The fraction of sp³-hybridized carbons (Fsp3) is 0.368. The number of benzene rings is 1. The van der Waals surface area contributed by atoms with Crippen molar-refractivity contribution in [2.75, 3.05) is 6.54 Å². The van der Waals surface area contributed by atoms with Gasteiger partial charge in [0.15, 0.2) is 0 Å². The third kappa shape index (κ3) is 3.35. The molecule has 1 saturated heterocycles. The third-order valence-electron chi connectivity index (χ3n) is 5.01. The minimum Gasteiger partial charge on any atom is -0.338 e. The SMILES string of the molecule is CC1CCCCN1C(=O)Cn1cnc2onc(-c3ccc(Cl)cc3)c2c1=O. The lowest BCUT2D eigenvalue weighted by Gasteiger charge is -2.33. The molecular weight excluding hydrogens is 368 g/mol. The monoisotopic (exact) mass is 386 g/mol. The van der Waals surface area contributed by atoms with Crippen LogP contribution in [0.3, 0.4) is 0 Å². The van der Waals surface area contributed by atoms with E-state index < -0.39 is 0 Å². The first-order valence-electron chi connectivity index (χ1n) is 8.95. The Kier molecular flexibility index (Phi) is 4.70. The highest BCUT2D eigenvalue weighted by Gasteiger charge is 2.24. The fourth-order valence-corrected chi connectivity index (χ4v) is 3.63.